The minimum Gasteiger partial charge on any atom is -0.481 e. The zero-order valence-electron chi connectivity index (χ0n) is 12.8. The fraction of sp³-hybridized carbons (Fsp3) is 0.438. The molecule has 126 valence electrons. The summed E-state index contributed by atoms with van der Waals surface area (Å²) < 4.78 is 0. The van der Waals surface area contributed by atoms with Crippen LogP contribution in [0.15, 0.2) is 30.3 Å². The van der Waals surface area contributed by atoms with Crippen LogP contribution in [0.3, 0.4) is 0 Å². The Kier molecular flexibility index (Phi) is 7.93. The minimum absolute atomic E-state index is 0.233. The number of ketones is 1. The van der Waals surface area contributed by atoms with Crippen LogP contribution in [0.1, 0.15) is 29.6 Å². The molecule has 7 nitrogen and oxygen atoms in total. The number of carbonyl (C=O) groups excluding carboxylic acids is 1. The Morgan fingerprint density at radius 2 is 1.70 bits per heavy atom. The molecule has 0 saturated heterocycles. The Morgan fingerprint density at radius 1 is 1.04 bits per heavy atom. The topological polar surface area (TPSA) is 130 Å². The number of unbranched alkanes of at least 4 members (excludes halogenated alkanes) is 1. The maximum atomic E-state index is 12.2. The normalized spacial score (nSPS) is 13.3. The molecule has 0 bridgehead atoms. The van der Waals surface area contributed by atoms with E-state index in [2.05, 4.69) is 5.32 Å². The summed E-state index contributed by atoms with van der Waals surface area (Å²) in [6.45, 7) is 0.235. The van der Waals surface area contributed by atoms with Gasteiger partial charge in [0.25, 0.3) is 0 Å². The highest BCUT2D eigenvalue weighted by molar-refractivity contribution is 6.08. The van der Waals surface area contributed by atoms with Gasteiger partial charge < -0.3 is 21.3 Å². The number of aliphatic carboxylic acids is 2. The van der Waals surface area contributed by atoms with Crippen LogP contribution >= 0.6 is 0 Å². The van der Waals surface area contributed by atoms with Crippen LogP contribution in [0.4, 0.5) is 0 Å². The van der Waals surface area contributed by atoms with Gasteiger partial charge in [0.05, 0.1) is 0 Å². The maximum Gasteiger partial charge on any atom is 0.320 e. The molecule has 0 aliphatic rings. The van der Waals surface area contributed by atoms with Crippen molar-refractivity contribution in [2.75, 3.05) is 13.1 Å². The summed E-state index contributed by atoms with van der Waals surface area (Å²) in [7, 11) is 0. The van der Waals surface area contributed by atoms with Gasteiger partial charge in [-0.1, -0.05) is 36.8 Å². The average Bonchev–Trinajstić information content (AvgIpc) is 2.53. The third-order valence-corrected chi connectivity index (χ3v) is 3.49. The lowest BCUT2D eigenvalue weighted by atomic mass is 9.97. The molecule has 0 heterocycles. The highest BCUT2D eigenvalue weighted by Crippen LogP contribution is 2.10. The van der Waals surface area contributed by atoms with E-state index >= 15 is 0 Å². The molecule has 1 aromatic carbocycles. The lowest BCUT2D eigenvalue weighted by Gasteiger charge is -2.17. The van der Waals surface area contributed by atoms with Crippen LogP contribution in [0.25, 0.3) is 0 Å². The molecule has 1 unspecified atom stereocenters. The number of Topliss-reactive ketones (excluding diaryl/α,β-unsaturated/α-hetero) is 1. The summed E-state index contributed by atoms with van der Waals surface area (Å²) in [5, 5.41) is 21.1. The molecule has 0 fully saturated rings. The van der Waals surface area contributed by atoms with Gasteiger partial charge in [-0.25, -0.2) is 0 Å². The van der Waals surface area contributed by atoms with Crippen LogP contribution in [-0.2, 0) is 9.59 Å². The second-order valence-electron chi connectivity index (χ2n) is 5.20. The first-order chi connectivity index (χ1) is 11.0. The van der Waals surface area contributed by atoms with Crippen molar-refractivity contribution in [3.63, 3.8) is 0 Å². The Hall–Kier alpha value is -2.25. The molecular weight excluding hydrogens is 300 g/mol. The SMILES string of the molecule is NCCCC[C@H](NCC(C(=O)O)C(=O)c1ccccc1)C(=O)O. The molecule has 0 aliphatic carbocycles. The van der Waals surface area contributed by atoms with Gasteiger partial charge in [-0.15, -0.1) is 0 Å². The summed E-state index contributed by atoms with van der Waals surface area (Å²) in [6.07, 6.45) is 1.64. The van der Waals surface area contributed by atoms with Gasteiger partial charge in [0.1, 0.15) is 12.0 Å². The van der Waals surface area contributed by atoms with E-state index in [1.807, 2.05) is 0 Å². The third-order valence-electron chi connectivity index (χ3n) is 3.49. The van der Waals surface area contributed by atoms with Gasteiger partial charge in [0, 0.05) is 12.1 Å². The number of nitrogens with one attached hydrogen (secondary N) is 1. The maximum absolute atomic E-state index is 12.2. The Morgan fingerprint density at radius 3 is 2.22 bits per heavy atom. The van der Waals surface area contributed by atoms with E-state index in [-0.39, 0.29) is 12.1 Å². The molecule has 2 atom stereocenters. The summed E-state index contributed by atoms with van der Waals surface area (Å²) in [5.74, 6) is -4.22. The van der Waals surface area contributed by atoms with Gasteiger partial charge in [0.15, 0.2) is 5.78 Å². The third kappa shape index (κ3) is 6.17. The molecule has 0 aliphatic heterocycles. The van der Waals surface area contributed by atoms with E-state index in [0.29, 0.717) is 25.8 Å². The second kappa shape index (κ2) is 9.70. The van der Waals surface area contributed by atoms with Crippen molar-refractivity contribution in [1.82, 2.24) is 5.32 Å². The predicted molar refractivity (Wildman–Crippen MR) is 84.2 cm³/mol. The van der Waals surface area contributed by atoms with Crippen LogP contribution < -0.4 is 11.1 Å². The molecule has 0 amide bonds. The summed E-state index contributed by atoms with van der Waals surface area (Å²) in [6, 6.07) is 7.19. The number of hydrogen-bond acceptors (Lipinski definition) is 5. The van der Waals surface area contributed by atoms with Gasteiger partial charge in [-0.3, -0.25) is 14.4 Å². The number of carbonyl (C=O) groups is 3. The number of rotatable bonds is 11. The Labute approximate surface area is 134 Å². The van der Waals surface area contributed by atoms with E-state index in [0.717, 1.165) is 0 Å². The van der Waals surface area contributed by atoms with Crippen molar-refractivity contribution in [3.05, 3.63) is 35.9 Å². The van der Waals surface area contributed by atoms with E-state index in [9.17, 15) is 19.5 Å². The van der Waals surface area contributed by atoms with Crippen LogP contribution in [0.5, 0.6) is 0 Å². The van der Waals surface area contributed by atoms with Crippen molar-refractivity contribution in [3.8, 4) is 0 Å². The van der Waals surface area contributed by atoms with Crippen molar-refractivity contribution < 1.29 is 24.6 Å². The number of carboxylic acid groups (broad SMARTS) is 2. The molecular formula is C16H22N2O5. The number of benzene rings is 1. The fourth-order valence-electron chi connectivity index (χ4n) is 2.16. The Bertz CT molecular complexity index is 533. The monoisotopic (exact) mass is 322 g/mol. The average molecular weight is 322 g/mol. The van der Waals surface area contributed by atoms with E-state index < -0.39 is 29.7 Å². The first-order valence-corrected chi connectivity index (χ1v) is 7.45. The first kappa shape index (κ1) is 18.8. The largest absolute Gasteiger partial charge is 0.481 e. The molecule has 23 heavy (non-hydrogen) atoms. The van der Waals surface area contributed by atoms with Gasteiger partial charge in [-0.2, -0.15) is 0 Å². The lowest BCUT2D eigenvalue weighted by molar-refractivity contribution is -0.142. The van der Waals surface area contributed by atoms with Gasteiger partial charge >= 0.3 is 11.9 Å². The van der Waals surface area contributed by atoms with Crippen LogP contribution in [0, 0.1) is 5.92 Å². The number of nitrogens with two attached hydrogens (primary N) is 1. The molecule has 0 saturated carbocycles. The number of carboxylic acids is 2. The first-order valence-electron chi connectivity index (χ1n) is 7.45. The highest BCUT2D eigenvalue weighted by atomic mass is 16.4. The standard InChI is InChI=1S/C16H22N2O5/c17-9-5-4-8-13(16(22)23)18-10-12(15(20)21)14(19)11-6-2-1-3-7-11/h1-3,6-7,12-13,18H,4-5,8-10,17H2,(H,20,21)(H,22,23)/t12?,13-/m0/s1. The minimum atomic E-state index is -1.33. The lowest BCUT2D eigenvalue weighted by Crippen LogP contribution is -2.43. The summed E-state index contributed by atoms with van der Waals surface area (Å²) in [4.78, 5) is 34.8. The quantitative estimate of drug-likeness (QED) is 0.268. The van der Waals surface area contributed by atoms with Crippen LogP contribution in [0.2, 0.25) is 0 Å². The molecule has 1 aromatic rings. The molecule has 5 N–H and O–H groups in total. The van der Waals surface area contributed by atoms with Crippen molar-refractivity contribution in [2.24, 2.45) is 11.7 Å². The summed E-state index contributed by atoms with van der Waals surface area (Å²) in [5.41, 5.74) is 5.66. The Balaban J connectivity index is 2.69. The molecule has 0 aromatic heterocycles. The highest BCUT2D eigenvalue weighted by Gasteiger charge is 2.29. The molecule has 0 radical (unpaired) electrons. The molecule has 7 heteroatoms. The molecule has 0 spiro atoms. The van der Waals surface area contributed by atoms with Crippen molar-refractivity contribution in [2.45, 2.75) is 25.3 Å². The van der Waals surface area contributed by atoms with Crippen molar-refractivity contribution >= 4 is 17.7 Å². The smallest absolute Gasteiger partial charge is 0.320 e. The molecule has 1 rings (SSSR count). The summed E-state index contributed by atoms with van der Waals surface area (Å²) >= 11 is 0. The predicted octanol–water partition coefficient (Wildman–Crippen LogP) is 0.742. The second-order valence-corrected chi connectivity index (χ2v) is 5.20. The van der Waals surface area contributed by atoms with Crippen LogP contribution in [-0.4, -0.2) is 47.1 Å². The van der Waals surface area contributed by atoms with Gasteiger partial charge in [0.2, 0.25) is 0 Å². The van der Waals surface area contributed by atoms with E-state index in [1.165, 1.54) is 12.1 Å². The zero-order chi connectivity index (χ0) is 17.2. The van der Waals surface area contributed by atoms with Crippen molar-refractivity contribution in [1.29, 1.82) is 0 Å². The number of hydrogen-bond donors (Lipinski definition) is 4. The van der Waals surface area contributed by atoms with Gasteiger partial charge in [-0.05, 0) is 19.4 Å². The zero-order valence-corrected chi connectivity index (χ0v) is 12.8. The van der Waals surface area contributed by atoms with E-state index in [1.54, 1.807) is 18.2 Å². The van der Waals surface area contributed by atoms with E-state index in [4.69, 9.17) is 10.8 Å². The fourth-order valence-corrected chi connectivity index (χ4v) is 2.16.